The minimum absolute atomic E-state index is 0.0288. The minimum Gasteiger partial charge on any atom is -0.285 e. The molecule has 0 atom stereocenters. The van der Waals surface area contributed by atoms with Gasteiger partial charge in [0.05, 0.1) is 6.04 Å². The van der Waals surface area contributed by atoms with E-state index in [0.29, 0.717) is 0 Å². The molecule has 2 aromatic heterocycles. The van der Waals surface area contributed by atoms with Crippen LogP contribution in [0, 0.1) is 0 Å². The van der Waals surface area contributed by atoms with E-state index in [0.717, 1.165) is 0 Å². The second kappa shape index (κ2) is 4.06. The Kier molecular flexibility index (Phi) is 2.56. The van der Waals surface area contributed by atoms with Gasteiger partial charge in [0.25, 0.3) is 0 Å². The lowest BCUT2D eigenvalue weighted by Gasteiger charge is -2.11. The number of carbonyl (C=O) groups excluding carboxylic acids is 2. The quantitative estimate of drug-likeness (QED) is 0.686. The van der Waals surface area contributed by atoms with Crippen molar-refractivity contribution in [3.63, 3.8) is 0 Å². The van der Waals surface area contributed by atoms with Gasteiger partial charge in [-0.2, -0.15) is 4.80 Å². The highest BCUT2D eigenvalue weighted by molar-refractivity contribution is 6.25. The summed E-state index contributed by atoms with van der Waals surface area (Å²) >= 11 is 0. The van der Waals surface area contributed by atoms with E-state index in [4.69, 9.17) is 0 Å². The Morgan fingerprint density at radius 3 is 2.00 bits per heavy atom. The summed E-state index contributed by atoms with van der Waals surface area (Å²) in [6.07, 6.45) is 0. The molecule has 1 aliphatic rings. The molecule has 0 N–H and O–H groups in total. The van der Waals surface area contributed by atoms with Crippen LogP contribution in [0.15, 0.2) is 0 Å². The normalized spacial score (nSPS) is 14.1. The maximum atomic E-state index is 12.5. The Hall–Kier alpha value is -2.38. The molecule has 0 amide bonds. The van der Waals surface area contributed by atoms with E-state index in [2.05, 4.69) is 20.5 Å². The fourth-order valence-electron chi connectivity index (χ4n) is 2.10. The van der Waals surface area contributed by atoms with Crippen molar-refractivity contribution in [2.75, 3.05) is 0 Å². The molecule has 0 fully saturated rings. The summed E-state index contributed by atoms with van der Waals surface area (Å²) < 4.78 is 1.45. The minimum atomic E-state index is -0.395. The Balaban J connectivity index is 2.21. The van der Waals surface area contributed by atoms with E-state index in [1.165, 1.54) is 9.48 Å². The van der Waals surface area contributed by atoms with Crippen LogP contribution in [0.1, 0.15) is 72.1 Å². The van der Waals surface area contributed by atoms with Crippen molar-refractivity contribution in [3.05, 3.63) is 22.8 Å². The van der Waals surface area contributed by atoms with Gasteiger partial charge in [0.15, 0.2) is 17.1 Å². The number of nitrogens with zero attached hydrogens (tertiary/aromatic N) is 6. The molecule has 0 aromatic carbocycles. The second-order valence-electron chi connectivity index (χ2n) is 5.29. The Morgan fingerprint density at radius 1 is 0.850 bits per heavy atom. The van der Waals surface area contributed by atoms with Gasteiger partial charge in [0.1, 0.15) is 5.69 Å². The van der Waals surface area contributed by atoms with Crippen molar-refractivity contribution >= 4 is 11.6 Å². The average Bonchev–Trinajstić information content (AvgIpc) is 3.00. The molecule has 0 spiro atoms. The highest BCUT2D eigenvalue weighted by atomic mass is 16.1. The van der Waals surface area contributed by atoms with Crippen LogP contribution >= 0.6 is 0 Å². The number of ketones is 2. The van der Waals surface area contributed by atoms with E-state index in [1.807, 2.05) is 27.7 Å². The topological polar surface area (TPSA) is 95.6 Å². The first-order chi connectivity index (χ1) is 9.41. The first-order valence-electron chi connectivity index (χ1n) is 6.43. The lowest BCUT2D eigenvalue weighted by atomic mass is 9.99. The van der Waals surface area contributed by atoms with Gasteiger partial charge >= 0.3 is 0 Å². The van der Waals surface area contributed by atoms with Gasteiger partial charge in [0, 0.05) is 6.04 Å². The van der Waals surface area contributed by atoms with Crippen molar-refractivity contribution in [1.82, 2.24) is 30.0 Å². The summed E-state index contributed by atoms with van der Waals surface area (Å²) in [6.45, 7) is 7.49. The Labute approximate surface area is 114 Å². The second-order valence-corrected chi connectivity index (χ2v) is 5.29. The molecule has 8 heteroatoms. The van der Waals surface area contributed by atoms with Crippen LogP contribution in [0.3, 0.4) is 0 Å². The van der Waals surface area contributed by atoms with E-state index >= 15 is 0 Å². The zero-order valence-corrected chi connectivity index (χ0v) is 11.7. The summed E-state index contributed by atoms with van der Waals surface area (Å²) in [5.41, 5.74) is 0.410. The van der Waals surface area contributed by atoms with E-state index in [1.54, 1.807) is 0 Å². The number of hydrogen-bond donors (Lipinski definition) is 0. The molecule has 0 unspecified atom stereocenters. The molecule has 2 aromatic rings. The van der Waals surface area contributed by atoms with E-state index in [-0.39, 0.29) is 40.6 Å². The van der Waals surface area contributed by atoms with Crippen LogP contribution in [0.5, 0.6) is 0 Å². The summed E-state index contributed by atoms with van der Waals surface area (Å²) in [7, 11) is 0. The molecule has 0 bridgehead atoms. The molecular formula is C12H14N6O2. The number of fused-ring (bicyclic) bond motifs is 2. The molecule has 0 aliphatic heterocycles. The summed E-state index contributed by atoms with van der Waals surface area (Å²) in [5, 5.41) is 15.9. The molecular weight excluding hydrogens is 260 g/mol. The maximum Gasteiger partial charge on any atom is 0.238 e. The Bertz CT molecular complexity index is 720. The van der Waals surface area contributed by atoms with Crippen LogP contribution in [-0.4, -0.2) is 41.6 Å². The van der Waals surface area contributed by atoms with Crippen LogP contribution in [0.25, 0.3) is 0 Å². The third kappa shape index (κ3) is 1.54. The van der Waals surface area contributed by atoms with E-state index in [9.17, 15) is 9.59 Å². The molecule has 20 heavy (non-hydrogen) atoms. The average molecular weight is 274 g/mol. The van der Waals surface area contributed by atoms with Gasteiger partial charge < -0.3 is 0 Å². The number of aromatic nitrogens is 6. The van der Waals surface area contributed by atoms with Gasteiger partial charge in [-0.3, -0.25) is 9.59 Å². The summed E-state index contributed by atoms with van der Waals surface area (Å²) in [5.74, 6) is -0.742. The molecule has 8 nitrogen and oxygen atoms in total. The van der Waals surface area contributed by atoms with Gasteiger partial charge in [-0.15, -0.1) is 15.3 Å². The summed E-state index contributed by atoms with van der Waals surface area (Å²) in [6, 6.07) is -0.0939. The van der Waals surface area contributed by atoms with Gasteiger partial charge in [0.2, 0.25) is 11.6 Å². The molecule has 0 saturated heterocycles. The maximum absolute atomic E-state index is 12.5. The van der Waals surface area contributed by atoms with Crippen LogP contribution in [0.2, 0.25) is 0 Å². The van der Waals surface area contributed by atoms with Crippen LogP contribution < -0.4 is 0 Å². The SMILES string of the molecule is CC(C)n1nc2c(n1)C(=O)c1c(nnn1C(C)C)C2=O. The molecule has 0 radical (unpaired) electrons. The van der Waals surface area contributed by atoms with Crippen molar-refractivity contribution in [3.8, 4) is 0 Å². The van der Waals surface area contributed by atoms with Crippen molar-refractivity contribution in [1.29, 1.82) is 0 Å². The molecule has 0 saturated carbocycles. The lowest BCUT2D eigenvalue weighted by molar-refractivity contribution is 0.0965. The molecule has 104 valence electrons. The highest BCUT2D eigenvalue weighted by Crippen LogP contribution is 2.25. The standard InChI is InChI=1S/C12H14N6O2/c1-5(2)17-10-9(13-16-17)11(19)7-8(12(10)20)15-18(14-7)6(3)4/h5-6H,1-4H3. The van der Waals surface area contributed by atoms with Gasteiger partial charge in [-0.1, -0.05) is 5.21 Å². The number of rotatable bonds is 2. The molecule has 3 rings (SSSR count). The highest BCUT2D eigenvalue weighted by Gasteiger charge is 2.39. The third-order valence-electron chi connectivity index (χ3n) is 3.14. The van der Waals surface area contributed by atoms with Crippen molar-refractivity contribution in [2.45, 2.75) is 39.8 Å². The monoisotopic (exact) mass is 274 g/mol. The Morgan fingerprint density at radius 2 is 1.45 bits per heavy atom. The van der Waals surface area contributed by atoms with E-state index < -0.39 is 5.78 Å². The smallest absolute Gasteiger partial charge is 0.238 e. The number of hydrogen-bond acceptors (Lipinski definition) is 6. The first kappa shape index (κ1) is 12.6. The summed E-state index contributed by atoms with van der Waals surface area (Å²) in [4.78, 5) is 26.2. The fourth-order valence-corrected chi connectivity index (χ4v) is 2.10. The first-order valence-corrected chi connectivity index (χ1v) is 6.43. The van der Waals surface area contributed by atoms with Gasteiger partial charge in [-0.05, 0) is 27.7 Å². The predicted octanol–water partition coefficient (Wildman–Crippen LogP) is 0.807. The third-order valence-corrected chi connectivity index (χ3v) is 3.14. The lowest BCUT2D eigenvalue weighted by Crippen LogP contribution is -2.24. The van der Waals surface area contributed by atoms with Crippen LogP contribution in [0.4, 0.5) is 0 Å². The zero-order valence-electron chi connectivity index (χ0n) is 11.7. The molecule has 2 heterocycles. The fraction of sp³-hybridized carbons (Fsp3) is 0.500. The van der Waals surface area contributed by atoms with Crippen LogP contribution in [-0.2, 0) is 0 Å². The van der Waals surface area contributed by atoms with Crippen molar-refractivity contribution in [2.24, 2.45) is 0 Å². The largest absolute Gasteiger partial charge is 0.285 e. The zero-order chi connectivity index (χ0) is 14.6. The molecule has 1 aliphatic carbocycles. The number of carbonyl (C=O) groups is 2. The van der Waals surface area contributed by atoms with Gasteiger partial charge in [-0.25, -0.2) is 4.68 Å². The van der Waals surface area contributed by atoms with Crippen molar-refractivity contribution < 1.29 is 9.59 Å². The predicted molar refractivity (Wildman–Crippen MR) is 67.7 cm³/mol.